The molecular weight excluding hydrogens is 276 g/mol. The molecule has 0 radical (unpaired) electrons. The number of methoxy groups -OCH3 is 1. The van der Waals surface area contributed by atoms with Gasteiger partial charge in [-0.1, -0.05) is 11.6 Å². The molecular formula is C12H10ClF2N3O. The Morgan fingerprint density at radius 1 is 1.32 bits per heavy atom. The fourth-order valence-electron chi connectivity index (χ4n) is 1.47. The maximum atomic E-state index is 13.6. The highest BCUT2D eigenvalue weighted by Gasteiger charge is 2.11. The summed E-state index contributed by atoms with van der Waals surface area (Å²) in [4.78, 5) is 4.01. The molecule has 0 saturated heterocycles. The Balaban J connectivity index is 2.36. The molecule has 19 heavy (non-hydrogen) atoms. The smallest absolute Gasteiger partial charge is 0.238 e. The number of hydrogen-bond acceptors (Lipinski definition) is 4. The van der Waals surface area contributed by atoms with Crippen LogP contribution < -0.4 is 15.8 Å². The van der Waals surface area contributed by atoms with E-state index in [-0.39, 0.29) is 22.4 Å². The van der Waals surface area contributed by atoms with E-state index in [0.29, 0.717) is 5.69 Å². The number of ether oxygens (including phenoxy) is 1. The van der Waals surface area contributed by atoms with E-state index in [9.17, 15) is 8.78 Å². The summed E-state index contributed by atoms with van der Waals surface area (Å²) in [7, 11) is 1.41. The second-order valence-electron chi connectivity index (χ2n) is 3.66. The van der Waals surface area contributed by atoms with E-state index >= 15 is 0 Å². The number of nitrogens with zero attached hydrogens (tertiary/aromatic N) is 1. The zero-order valence-electron chi connectivity index (χ0n) is 9.88. The summed E-state index contributed by atoms with van der Waals surface area (Å²) in [5.41, 5.74) is 5.89. The van der Waals surface area contributed by atoms with Crippen LogP contribution in [0.3, 0.4) is 0 Å². The summed E-state index contributed by atoms with van der Waals surface area (Å²) in [5.74, 6) is -1.10. The Morgan fingerprint density at radius 3 is 2.68 bits per heavy atom. The van der Waals surface area contributed by atoms with Crippen LogP contribution in [0.2, 0.25) is 5.02 Å². The minimum Gasteiger partial charge on any atom is -0.479 e. The first-order chi connectivity index (χ1) is 9.01. The van der Waals surface area contributed by atoms with Crippen molar-refractivity contribution in [3.05, 3.63) is 40.9 Å². The zero-order valence-corrected chi connectivity index (χ0v) is 10.6. The Labute approximate surface area is 113 Å². The summed E-state index contributed by atoms with van der Waals surface area (Å²) in [5, 5.41) is 2.56. The van der Waals surface area contributed by atoms with Gasteiger partial charge in [0.05, 0.1) is 23.5 Å². The van der Waals surface area contributed by atoms with Gasteiger partial charge in [0.2, 0.25) is 5.88 Å². The number of benzene rings is 1. The molecule has 1 aromatic carbocycles. The Kier molecular flexibility index (Phi) is 3.71. The van der Waals surface area contributed by atoms with Crippen LogP contribution in [0.4, 0.5) is 26.0 Å². The number of anilines is 3. The van der Waals surface area contributed by atoms with Crippen molar-refractivity contribution in [3.8, 4) is 5.88 Å². The topological polar surface area (TPSA) is 60.2 Å². The largest absolute Gasteiger partial charge is 0.479 e. The van der Waals surface area contributed by atoms with Crippen molar-refractivity contribution in [2.24, 2.45) is 0 Å². The number of nitrogens with two attached hydrogens (primary N) is 1. The first kappa shape index (κ1) is 13.4. The number of nitrogens with one attached hydrogen (secondary N) is 1. The lowest BCUT2D eigenvalue weighted by molar-refractivity contribution is 0.401. The van der Waals surface area contributed by atoms with Crippen LogP contribution in [0.1, 0.15) is 0 Å². The summed E-state index contributed by atoms with van der Waals surface area (Å²) >= 11 is 5.76. The van der Waals surface area contributed by atoms with Crippen LogP contribution in [-0.4, -0.2) is 12.1 Å². The van der Waals surface area contributed by atoms with Crippen molar-refractivity contribution in [2.45, 2.75) is 0 Å². The average Bonchev–Trinajstić information content (AvgIpc) is 2.35. The first-order valence-electron chi connectivity index (χ1n) is 5.23. The van der Waals surface area contributed by atoms with E-state index in [1.807, 2.05) is 0 Å². The first-order valence-corrected chi connectivity index (χ1v) is 5.61. The summed E-state index contributed by atoms with van der Waals surface area (Å²) in [6.45, 7) is 0. The highest BCUT2D eigenvalue weighted by Crippen LogP contribution is 2.30. The molecule has 0 aliphatic rings. The van der Waals surface area contributed by atoms with Crippen molar-refractivity contribution in [2.75, 3.05) is 18.2 Å². The zero-order chi connectivity index (χ0) is 14.0. The minimum atomic E-state index is -0.817. The van der Waals surface area contributed by atoms with Gasteiger partial charge in [-0.25, -0.2) is 8.78 Å². The SMILES string of the molecule is COc1nc(Nc2c(F)cc(F)cc2Cl)ccc1N. The molecule has 100 valence electrons. The van der Waals surface area contributed by atoms with Gasteiger partial charge < -0.3 is 15.8 Å². The molecule has 0 atom stereocenters. The molecule has 0 amide bonds. The second-order valence-corrected chi connectivity index (χ2v) is 4.07. The third-order valence-corrected chi connectivity index (χ3v) is 2.64. The minimum absolute atomic E-state index is 0.0672. The number of rotatable bonds is 3. The molecule has 0 aliphatic heterocycles. The lowest BCUT2D eigenvalue weighted by Gasteiger charge is -2.11. The highest BCUT2D eigenvalue weighted by atomic mass is 35.5. The van der Waals surface area contributed by atoms with Crippen LogP contribution in [0.15, 0.2) is 24.3 Å². The van der Waals surface area contributed by atoms with Gasteiger partial charge in [0.25, 0.3) is 0 Å². The van der Waals surface area contributed by atoms with E-state index < -0.39 is 11.6 Å². The van der Waals surface area contributed by atoms with Crippen LogP contribution in [-0.2, 0) is 0 Å². The molecule has 2 rings (SSSR count). The van der Waals surface area contributed by atoms with Crippen molar-refractivity contribution in [1.29, 1.82) is 0 Å². The lowest BCUT2D eigenvalue weighted by Crippen LogP contribution is -2.01. The number of hydrogen-bond donors (Lipinski definition) is 2. The molecule has 7 heteroatoms. The molecule has 0 fully saturated rings. The van der Waals surface area contributed by atoms with Gasteiger partial charge in [-0.15, -0.1) is 0 Å². The van der Waals surface area contributed by atoms with Crippen LogP contribution in [0, 0.1) is 11.6 Å². The van der Waals surface area contributed by atoms with Gasteiger partial charge >= 0.3 is 0 Å². The Morgan fingerprint density at radius 2 is 2.05 bits per heavy atom. The van der Waals surface area contributed by atoms with Gasteiger partial charge in [0.15, 0.2) is 5.82 Å². The van der Waals surface area contributed by atoms with Gasteiger partial charge in [0, 0.05) is 6.07 Å². The molecule has 0 aliphatic carbocycles. The van der Waals surface area contributed by atoms with Gasteiger partial charge in [-0.05, 0) is 18.2 Å². The third-order valence-electron chi connectivity index (χ3n) is 2.34. The molecule has 0 saturated carbocycles. The Bertz CT molecular complexity index is 599. The number of halogens is 3. The molecule has 3 N–H and O–H groups in total. The molecule has 0 spiro atoms. The molecule has 0 unspecified atom stereocenters. The van der Waals surface area contributed by atoms with Crippen molar-refractivity contribution in [3.63, 3.8) is 0 Å². The van der Waals surface area contributed by atoms with E-state index in [0.717, 1.165) is 12.1 Å². The van der Waals surface area contributed by atoms with Crippen molar-refractivity contribution >= 4 is 28.8 Å². The fraction of sp³-hybridized carbons (Fsp3) is 0.0833. The quantitative estimate of drug-likeness (QED) is 0.908. The van der Waals surface area contributed by atoms with Crippen molar-refractivity contribution in [1.82, 2.24) is 4.98 Å². The van der Waals surface area contributed by atoms with Crippen LogP contribution in [0.5, 0.6) is 5.88 Å². The molecule has 1 heterocycles. The van der Waals surface area contributed by atoms with E-state index in [1.165, 1.54) is 13.2 Å². The van der Waals surface area contributed by atoms with Crippen molar-refractivity contribution < 1.29 is 13.5 Å². The number of pyridine rings is 1. The molecule has 1 aromatic heterocycles. The average molecular weight is 286 g/mol. The maximum Gasteiger partial charge on any atom is 0.238 e. The third kappa shape index (κ3) is 2.85. The number of nitrogen functional groups attached to an aromatic ring is 1. The van der Waals surface area contributed by atoms with Gasteiger partial charge in [-0.2, -0.15) is 4.98 Å². The molecule has 2 aromatic rings. The van der Waals surface area contributed by atoms with Gasteiger partial charge in [-0.3, -0.25) is 0 Å². The number of aromatic nitrogens is 1. The summed E-state index contributed by atoms with van der Waals surface area (Å²) in [6.07, 6.45) is 0. The lowest BCUT2D eigenvalue weighted by atomic mass is 10.3. The summed E-state index contributed by atoms with van der Waals surface area (Å²) < 4.78 is 31.4. The molecule has 0 bridgehead atoms. The monoisotopic (exact) mass is 285 g/mol. The van der Waals surface area contributed by atoms with E-state index in [4.69, 9.17) is 22.1 Å². The Hall–Kier alpha value is -2.08. The maximum absolute atomic E-state index is 13.6. The predicted molar refractivity (Wildman–Crippen MR) is 69.9 cm³/mol. The second kappa shape index (κ2) is 5.27. The molecule has 4 nitrogen and oxygen atoms in total. The van der Waals surface area contributed by atoms with E-state index in [2.05, 4.69) is 10.3 Å². The van der Waals surface area contributed by atoms with Gasteiger partial charge in [0.1, 0.15) is 11.6 Å². The van der Waals surface area contributed by atoms with Crippen LogP contribution >= 0.6 is 11.6 Å². The summed E-state index contributed by atoms with van der Waals surface area (Å²) in [6, 6.07) is 4.80. The van der Waals surface area contributed by atoms with E-state index in [1.54, 1.807) is 6.07 Å². The normalized spacial score (nSPS) is 10.3. The highest BCUT2D eigenvalue weighted by molar-refractivity contribution is 6.33. The van der Waals surface area contributed by atoms with Crippen LogP contribution in [0.25, 0.3) is 0 Å². The standard InChI is InChI=1S/C12H10ClF2N3O/c1-19-12-9(16)2-3-10(18-12)17-11-7(13)4-6(14)5-8(11)15/h2-5H,16H2,1H3,(H,17,18). The predicted octanol–water partition coefficient (Wildman–Crippen LogP) is 3.35. The fourth-order valence-corrected chi connectivity index (χ4v) is 1.72.